The molecule has 1 N–H and O–H groups in total. The standard InChI is InChI=1S/C5H6N2O2/c8-5(9)4-2-1-3-6-7-4/h1,3-4H,2H2,(H,8,9). The molecule has 1 heterocycles. The van der Waals surface area contributed by atoms with E-state index in [9.17, 15) is 4.79 Å². The molecule has 0 bridgehead atoms. The van der Waals surface area contributed by atoms with Gasteiger partial charge in [0.05, 0.1) is 0 Å². The Hall–Kier alpha value is -1.19. The van der Waals surface area contributed by atoms with Crippen LogP contribution in [0, 0.1) is 0 Å². The summed E-state index contributed by atoms with van der Waals surface area (Å²) in [5.41, 5.74) is 0. The first-order valence-electron chi connectivity index (χ1n) is 2.58. The minimum Gasteiger partial charge on any atom is -0.480 e. The molecule has 0 fully saturated rings. The lowest BCUT2D eigenvalue weighted by atomic mass is 10.2. The first-order valence-corrected chi connectivity index (χ1v) is 2.58. The van der Waals surface area contributed by atoms with E-state index in [4.69, 9.17) is 5.11 Å². The Morgan fingerprint density at radius 2 is 2.56 bits per heavy atom. The molecule has 0 aliphatic carbocycles. The maximum Gasteiger partial charge on any atom is 0.330 e. The van der Waals surface area contributed by atoms with Crippen molar-refractivity contribution in [2.75, 3.05) is 0 Å². The van der Waals surface area contributed by atoms with Gasteiger partial charge in [-0.1, -0.05) is 6.08 Å². The average Bonchev–Trinajstić information content (AvgIpc) is 1.90. The second-order valence-corrected chi connectivity index (χ2v) is 1.71. The molecule has 0 radical (unpaired) electrons. The van der Waals surface area contributed by atoms with Crippen molar-refractivity contribution in [3.63, 3.8) is 0 Å². The third-order valence-electron chi connectivity index (χ3n) is 1.02. The van der Waals surface area contributed by atoms with Gasteiger partial charge in [-0.2, -0.15) is 10.2 Å². The summed E-state index contributed by atoms with van der Waals surface area (Å²) in [5.74, 6) is -0.914. The number of azo groups is 1. The fourth-order valence-corrected chi connectivity index (χ4v) is 0.553. The van der Waals surface area contributed by atoms with E-state index in [0.717, 1.165) is 0 Å². The van der Waals surface area contributed by atoms with Gasteiger partial charge < -0.3 is 5.11 Å². The van der Waals surface area contributed by atoms with Crippen molar-refractivity contribution >= 4 is 5.97 Å². The lowest BCUT2D eigenvalue weighted by molar-refractivity contribution is -0.138. The molecule has 4 heteroatoms. The summed E-state index contributed by atoms with van der Waals surface area (Å²) < 4.78 is 0. The highest BCUT2D eigenvalue weighted by Crippen LogP contribution is 2.05. The van der Waals surface area contributed by atoms with Crippen LogP contribution in [0.2, 0.25) is 0 Å². The van der Waals surface area contributed by atoms with Gasteiger partial charge in [0.15, 0.2) is 6.04 Å². The number of rotatable bonds is 1. The molecule has 0 aromatic carbocycles. The minimum absolute atomic E-state index is 0.457. The summed E-state index contributed by atoms with van der Waals surface area (Å²) in [4.78, 5) is 10.2. The van der Waals surface area contributed by atoms with Crippen molar-refractivity contribution < 1.29 is 9.90 Å². The van der Waals surface area contributed by atoms with Crippen LogP contribution in [0.4, 0.5) is 0 Å². The molecule has 0 aromatic heterocycles. The van der Waals surface area contributed by atoms with Crippen molar-refractivity contribution in [3.05, 3.63) is 12.3 Å². The van der Waals surface area contributed by atoms with Gasteiger partial charge in [-0.3, -0.25) is 0 Å². The first-order chi connectivity index (χ1) is 4.30. The number of aliphatic carboxylic acids is 1. The maximum atomic E-state index is 10.2. The Bertz CT molecular complexity index is 174. The number of hydrogen-bond donors (Lipinski definition) is 1. The molecular weight excluding hydrogens is 120 g/mol. The van der Waals surface area contributed by atoms with Crippen molar-refractivity contribution in [2.24, 2.45) is 10.2 Å². The highest BCUT2D eigenvalue weighted by atomic mass is 16.4. The van der Waals surface area contributed by atoms with Crippen molar-refractivity contribution in [1.29, 1.82) is 0 Å². The summed E-state index contributed by atoms with van der Waals surface area (Å²) in [7, 11) is 0. The highest BCUT2D eigenvalue weighted by molar-refractivity contribution is 5.73. The van der Waals surface area contributed by atoms with E-state index in [1.165, 1.54) is 6.20 Å². The van der Waals surface area contributed by atoms with Gasteiger partial charge in [-0.05, 0) is 0 Å². The number of hydrogen-bond acceptors (Lipinski definition) is 3. The Morgan fingerprint density at radius 3 is 2.89 bits per heavy atom. The predicted octanol–water partition coefficient (Wildman–Crippen LogP) is 0.809. The van der Waals surface area contributed by atoms with Crippen LogP contribution in [-0.2, 0) is 4.79 Å². The molecule has 1 atom stereocenters. The van der Waals surface area contributed by atoms with Gasteiger partial charge in [0.25, 0.3) is 0 Å². The van der Waals surface area contributed by atoms with Crippen molar-refractivity contribution in [3.8, 4) is 0 Å². The smallest absolute Gasteiger partial charge is 0.330 e. The molecule has 0 amide bonds. The lowest BCUT2D eigenvalue weighted by Crippen LogP contribution is -2.17. The van der Waals surface area contributed by atoms with Gasteiger partial charge >= 0.3 is 5.97 Å². The van der Waals surface area contributed by atoms with E-state index in [2.05, 4.69) is 10.2 Å². The van der Waals surface area contributed by atoms with Crippen LogP contribution >= 0.6 is 0 Å². The second-order valence-electron chi connectivity index (χ2n) is 1.71. The van der Waals surface area contributed by atoms with Crippen LogP contribution in [0.3, 0.4) is 0 Å². The zero-order valence-corrected chi connectivity index (χ0v) is 4.69. The summed E-state index contributed by atoms with van der Waals surface area (Å²) in [6.07, 6.45) is 3.64. The van der Waals surface area contributed by atoms with Crippen molar-refractivity contribution in [1.82, 2.24) is 0 Å². The molecule has 0 saturated carbocycles. The molecule has 0 aromatic rings. The Kier molecular flexibility index (Phi) is 1.58. The molecule has 0 spiro atoms. The summed E-state index contributed by atoms with van der Waals surface area (Å²) >= 11 is 0. The second kappa shape index (κ2) is 2.39. The van der Waals surface area contributed by atoms with E-state index < -0.39 is 12.0 Å². The van der Waals surface area contributed by atoms with Crippen LogP contribution in [0.25, 0.3) is 0 Å². The van der Waals surface area contributed by atoms with Gasteiger partial charge in [-0.25, -0.2) is 4.79 Å². The maximum absolute atomic E-state index is 10.2. The third-order valence-corrected chi connectivity index (χ3v) is 1.02. The first kappa shape index (κ1) is 5.94. The Morgan fingerprint density at radius 1 is 1.78 bits per heavy atom. The van der Waals surface area contributed by atoms with E-state index in [1.807, 2.05) is 0 Å². The Labute approximate surface area is 51.9 Å². The quantitative estimate of drug-likeness (QED) is 0.565. The summed E-state index contributed by atoms with van der Waals surface area (Å²) in [5, 5.41) is 15.3. The van der Waals surface area contributed by atoms with Crippen LogP contribution in [0.5, 0.6) is 0 Å². The van der Waals surface area contributed by atoms with Gasteiger partial charge in [0.2, 0.25) is 0 Å². The molecule has 1 aliphatic rings. The molecule has 1 unspecified atom stereocenters. The zero-order valence-electron chi connectivity index (χ0n) is 4.69. The van der Waals surface area contributed by atoms with E-state index >= 15 is 0 Å². The molecule has 4 nitrogen and oxygen atoms in total. The van der Waals surface area contributed by atoms with Gasteiger partial charge in [0, 0.05) is 12.6 Å². The molecule has 1 rings (SSSR count). The number of carbonyl (C=O) groups is 1. The van der Waals surface area contributed by atoms with Gasteiger partial charge in [-0.15, -0.1) is 0 Å². The largest absolute Gasteiger partial charge is 0.480 e. The van der Waals surface area contributed by atoms with Crippen LogP contribution < -0.4 is 0 Å². The number of carboxylic acids is 1. The molecule has 9 heavy (non-hydrogen) atoms. The topological polar surface area (TPSA) is 62.0 Å². The van der Waals surface area contributed by atoms with Crippen molar-refractivity contribution in [2.45, 2.75) is 12.5 Å². The van der Waals surface area contributed by atoms with Crippen LogP contribution in [-0.4, -0.2) is 17.1 Å². The fourth-order valence-electron chi connectivity index (χ4n) is 0.553. The molecule has 1 aliphatic heterocycles. The molecular formula is C5H6N2O2. The summed E-state index contributed by atoms with van der Waals surface area (Å²) in [6.45, 7) is 0. The van der Waals surface area contributed by atoms with E-state index in [-0.39, 0.29) is 0 Å². The van der Waals surface area contributed by atoms with Crippen LogP contribution in [0.15, 0.2) is 22.5 Å². The lowest BCUT2D eigenvalue weighted by Gasteiger charge is -2.02. The normalized spacial score (nSPS) is 24.2. The third kappa shape index (κ3) is 1.35. The summed E-state index contributed by atoms with van der Waals surface area (Å²) in [6, 6.07) is -0.657. The van der Waals surface area contributed by atoms with Gasteiger partial charge in [0.1, 0.15) is 0 Å². The Balaban J connectivity index is 2.56. The van der Waals surface area contributed by atoms with E-state index in [1.54, 1.807) is 6.08 Å². The van der Waals surface area contributed by atoms with Crippen LogP contribution in [0.1, 0.15) is 6.42 Å². The number of carboxylic acid groups (broad SMARTS) is 1. The zero-order chi connectivity index (χ0) is 6.69. The van der Waals surface area contributed by atoms with E-state index in [0.29, 0.717) is 6.42 Å². The monoisotopic (exact) mass is 126 g/mol. The fraction of sp³-hybridized carbons (Fsp3) is 0.400. The highest BCUT2D eigenvalue weighted by Gasteiger charge is 2.15. The average molecular weight is 126 g/mol. The SMILES string of the molecule is O=C(O)C1CC=CN=N1. The molecule has 0 saturated heterocycles. The minimum atomic E-state index is -0.914. The number of nitrogens with zero attached hydrogens (tertiary/aromatic N) is 2. The molecule has 48 valence electrons. The predicted molar refractivity (Wildman–Crippen MR) is 30.0 cm³/mol.